The Balaban J connectivity index is 1.77. The summed E-state index contributed by atoms with van der Waals surface area (Å²) in [6.07, 6.45) is 0.00852. The van der Waals surface area contributed by atoms with Gasteiger partial charge in [-0.15, -0.1) is 0 Å². The van der Waals surface area contributed by atoms with E-state index in [1.807, 2.05) is 25.1 Å². The van der Waals surface area contributed by atoms with Crippen molar-refractivity contribution < 1.29 is 13.6 Å². The molecule has 3 aromatic rings. The van der Waals surface area contributed by atoms with Crippen molar-refractivity contribution in [2.24, 2.45) is 0 Å². The molecule has 0 unspecified atom stereocenters. The number of nitrogens with one attached hydrogen (secondary N) is 2. The van der Waals surface area contributed by atoms with E-state index in [2.05, 4.69) is 15.4 Å². The molecule has 0 atom stereocenters. The lowest BCUT2D eigenvalue weighted by Crippen LogP contribution is -2.15. The van der Waals surface area contributed by atoms with Gasteiger partial charge in [-0.25, -0.2) is 4.68 Å². The van der Waals surface area contributed by atoms with E-state index in [-0.39, 0.29) is 12.3 Å². The highest BCUT2D eigenvalue weighted by Crippen LogP contribution is 2.22. The Labute approximate surface area is 137 Å². The Kier molecular flexibility index (Phi) is 4.09. The maximum atomic E-state index is 12.9. The standard InChI is InChI=1S/C17H18F2N4O/c1-9-6-12-7-13(4-5-15(12)20-9)21-16(24)8-14-10(2)22-23(11(14)3)17(18)19/h4-7,17,20H,8H2,1-3H3,(H,21,24). The second-order valence-electron chi connectivity index (χ2n) is 5.85. The van der Waals surface area contributed by atoms with Gasteiger partial charge in [-0.1, -0.05) is 0 Å². The van der Waals surface area contributed by atoms with E-state index < -0.39 is 6.55 Å². The molecule has 0 spiro atoms. The van der Waals surface area contributed by atoms with Gasteiger partial charge >= 0.3 is 6.55 Å². The zero-order valence-corrected chi connectivity index (χ0v) is 13.7. The predicted octanol–water partition coefficient (Wildman–Crippen LogP) is 3.87. The Hall–Kier alpha value is -2.70. The summed E-state index contributed by atoms with van der Waals surface area (Å²) in [6.45, 7) is 2.43. The number of aromatic nitrogens is 3. The molecule has 126 valence electrons. The summed E-state index contributed by atoms with van der Waals surface area (Å²) in [5.41, 5.74) is 4.00. The smallest absolute Gasteiger partial charge is 0.333 e. The van der Waals surface area contributed by atoms with Crippen LogP contribution in [-0.4, -0.2) is 20.7 Å². The molecule has 5 nitrogen and oxygen atoms in total. The van der Waals surface area contributed by atoms with E-state index in [0.717, 1.165) is 16.6 Å². The third-order valence-corrected chi connectivity index (χ3v) is 4.04. The third-order valence-electron chi connectivity index (χ3n) is 4.04. The number of hydrogen-bond acceptors (Lipinski definition) is 2. The molecule has 2 heterocycles. The van der Waals surface area contributed by atoms with Crippen molar-refractivity contribution in [2.45, 2.75) is 33.7 Å². The molecule has 24 heavy (non-hydrogen) atoms. The summed E-state index contributed by atoms with van der Waals surface area (Å²) >= 11 is 0. The van der Waals surface area contributed by atoms with Gasteiger partial charge in [-0.3, -0.25) is 4.79 Å². The predicted molar refractivity (Wildman–Crippen MR) is 88.3 cm³/mol. The van der Waals surface area contributed by atoms with Gasteiger partial charge in [-0.05, 0) is 45.0 Å². The van der Waals surface area contributed by atoms with E-state index in [0.29, 0.717) is 27.3 Å². The normalized spacial score (nSPS) is 11.4. The summed E-state index contributed by atoms with van der Waals surface area (Å²) < 4.78 is 26.4. The van der Waals surface area contributed by atoms with Crippen LogP contribution in [0.1, 0.15) is 29.2 Å². The van der Waals surface area contributed by atoms with Crippen molar-refractivity contribution in [2.75, 3.05) is 5.32 Å². The van der Waals surface area contributed by atoms with Crippen LogP contribution in [0.5, 0.6) is 0 Å². The molecule has 0 aliphatic rings. The van der Waals surface area contributed by atoms with Crippen molar-refractivity contribution in [1.82, 2.24) is 14.8 Å². The lowest BCUT2D eigenvalue weighted by atomic mass is 10.1. The number of H-pyrrole nitrogens is 1. The molecule has 0 radical (unpaired) electrons. The number of anilines is 1. The van der Waals surface area contributed by atoms with Crippen LogP contribution in [0.15, 0.2) is 24.3 Å². The molecule has 0 fully saturated rings. The summed E-state index contributed by atoms with van der Waals surface area (Å²) in [5.74, 6) is -0.262. The fourth-order valence-electron chi connectivity index (χ4n) is 2.86. The van der Waals surface area contributed by atoms with Gasteiger partial charge in [0.25, 0.3) is 0 Å². The third kappa shape index (κ3) is 3.02. The zero-order valence-electron chi connectivity index (χ0n) is 13.7. The quantitative estimate of drug-likeness (QED) is 0.762. The van der Waals surface area contributed by atoms with Crippen molar-refractivity contribution in [3.63, 3.8) is 0 Å². The Morgan fingerprint density at radius 1 is 1.29 bits per heavy atom. The van der Waals surface area contributed by atoms with Gasteiger partial charge in [0, 0.05) is 33.5 Å². The van der Waals surface area contributed by atoms with Crippen LogP contribution in [-0.2, 0) is 11.2 Å². The molecule has 0 bridgehead atoms. The number of carbonyl (C=O) groups is 1. The molecule has 0 aliphatic heterocycles. The first-order chi connectivity index (χ1) is 11.3. The summed E-state index contributed by atoms with van der Waals surface area (Å²) in [5, 5.41) is 7.61. The minimum Gasteiger partial charge on any atom is -0.359 e. The number of nitrogens with zero attached hydrogens (tertiary/aromatic N) is 2. The molecule has 7 heteroatoms. The Morgan fingerprint density at radius 3 is 2.71 bits per heavy atom. The SMILES string of the molecule is Cc1cc2cc(NC(=O)Cc3c(C)nn(C(F)F)c3C)ccc2[nH]1. The maximum Gasteiger partial charge on any atom is 0.333 e. The van der Waals surface area contributed by atoms with Gasteiger partial charge in [0.1, 0.15) is 0 Å². The minimum atomic E-state index is -2.71. The van der Waals surface area contributed by atoms with Crippen molar-refractivity contribution in [3.8, 4) is 0 Å². The first kappa shape index (κ1) is 16.2. The summed E-state index contributed by atoms with van der Waals surface area (Å²) in [6, 6.07) is 7.56. The largest absolute Gasteiger partial charge is 0.359 e. The number of alkyl halides is 2. The number of hydrogen-bond donors (Lipinski definition) is 2. The van der Waals surface area contributed by atoms with E-state index in [1.165, 1.54) is 0 Å². The number of benzene rings is 1. The highest BCUT2D eigenvalue weighted by molar-refractivity contribution is 5.95. The molecule has 1 aromatic carbocycles. The monoisotopic (exact) mass is 332 g/mol. The average Bonchev–Trinajstić information content (AvgIpc) is 3.00. The van der Waals surface area contributed by atoms with Crippen LogP contribution >= 0.6 is 0 Å². The molecule has 0 aliphatic carbocycles. The van der Waals surface area contributed by atoms with Gasteiger partial charge in [0.05, 0.1) is 12.1 Å². The van der Waals surface area contributed by atoms with Crippen molar-refractivity contribution >= 4 is 22.5 Å². The molecule has 0 saturated heterocycles. The van der Waals surface area contributed by atoms with Crippen molar-refractivity contribution in [3.05, 3.63) is 46.9 Å². The maximum absolute atomic E-state index is 12.9. The fraction of sp³-hybridized carbons (Fsp3) is 0.294. The van der Waals surface area contributed by atoms with Crippen LogP contribution in [0.3, 0.4) is 0 Å². The zero-order chi connectivity index (χ0) is 17.4. The molecular weight excluding hydrogens is 314 g/mol. The van der Waals surface area contributed by atoms with Crippen LogP contribution < -0.4 is 5.32 Å². The highest BCUT2D eigenvalue weighted by atomic mass is 19.3. The lowest BCUT2D eigenvalue weighted by Gasteiger charge is -2.07. The highest BCUT2D eigenvalue weighted by Gasteiger charge is 2.19. The first-order valence-electron chi connectivity index (χ1n) is 7.57. The summed E-state index contributed by atoms with van der Waals surface area (Å²) in [7, 11) is 0. The van der Waals surface area contributed by atoms with Crippen LogP contribution in [0, 0.1) is 20.8 Å². The summed E-state index contributed by atoms with van der Waals surface area (Å²) in [4.78, 5) is 15.5. The Morgan fingerprint density at radius 2 is 2.04 bits per heavy atom. The molecule has 0 saturated carbocycles. The number of amides is 1. The Bertz CT molecular complexity index is 911. The molecule has 2 N–H and O–H groups in total. The van der Waals surface area contributed by atoms with Gasteiger partial charge < -0.3 is 10.3 Å². The number of fused-ring (bicyclic) bond motifs is 1. The second-order valence-corrected chi connectivity index (χ2v) is 5.85. The van der Waals surface area contributed by atoms with E-state index >= 15 is 0 Å². The molecule has 2 aromatic heterocycles. The second kappa shape index (κ2) is 6.07. The molecule has 3 rings (SSSR count). The van der Waals surface area contributed by atoms with E-state index in [9.17, 15) is 13.6 Å². The van der Waals surface area contributed by atoms with E-state index in [4.69, 9.17) is 0 Å². The van der Waals surface area contributed by atoms with E-state index in [1.54, 1.807) is 19.9 Å². The lowest BCUT2D eigenvalue weighted by molar-refractivity contribution is -0.115. The first-order valence-corrected chi connectivity index (χ1v) is 7.57. The molecule has 1 amide bonds. The van der Waals surface area contributed by atoms with Crippen LogP contribution in [0.2, 0.25) is 0 Å². The minimum absolute atomic E-state index is 0.00852. The number of aromatic amines is 1. The number of carbonyl (C=O) groups excluding carboxylic acids is 1. The van der Waals surface area contributed by atoms with Crippen LogP contribution in [0.4, 0.5) is 14.5 Å². The number of halogens is 2. The van der Waals surface area contributed by atoms with Gasteiger partial charge in [0.15, 0.2) is 0 Å². The molecular formula is C17H18F2N4O. The van der Waals surface area contributed by atoms with Gasteiger partial charge in [0.2, 0.25) is 5.91 Å². The number of aryl methyl sites for hydroxylation is 2. The fourth-order valence-corrected chi connectivity index (χ4v) is 2.86. The average molecular weight is 332 g/mol. The topological polar surface area (TPSA) is 62.7 Å². The van der Waals surface area contributed by atoms with Gasteiger partial charge in [-0.2, -0.15) is 13.9 Å². The number of rotatable bonds is 4. The van der Waals surface area contributed by atoms with Crippen LogP contribution in [0.25, 0.3) is 10.9 Å². The van der Waals surface area contributed by atoms with Crippen molar-refractivity contribution in [1.29, 1.82) is 0 Å².